The molecule has 0 radical (unpaired) electrons. The predicted molar refractivity (Wildman–Crippen MR) is 79.2 cm³/mol. The van der Waals surface area contributed by atoms with Crippen molar-refractivity contribution in [1.29, 1.82) is 0 Å². The number of hydrogen-bond donors (Lipinski definition) is 1. The highest BCUT2D eigenvalue weighted by Crippen LogP contribution is 2.13. The molecule has 3 rings (SSSR count). The number of amides is 2. The number of anilines is 1. The second-order valence-electron chi connectivity index (χ2n) is 4.93. The summed E-state index contributed by atoms with van der Waals surface area (Å²) in [7, 11) is 0. The second kappa shape index (κ2) is 6.41. The quantitative estimate of drug-likeness (QED) is 0.936. The molecule has 2 heterocycles. The lowest BCUT2D eigenvalue weighted by atomic mass is 10.2. The highest BCUT2D eigenvalue weighted by Gasteiger charge is 2.16. The number of hydrogen-bond acceptors (Lipinski definition) is 3. The van der Waals surface area contributed by atoms with E-state index in [1.165, 1.54) is 0 Å². The van der Waals surface area contributed by atoms with Crippen LogP contribution in [0, 0.1) is 0 Å². The van der Waals surface area contributed by atoms with Gasteiger partial charge in [-0.05, 0) is 23.8 Å². The molecule has 0 bridgehead atoms. The van der Waals surface area contributed by atoms with Gasteiger partial charge >= 0.3 is 6.03 Å². The molecule has 6 nitrogen and oxygen atoms in total. The Bertz CT molecular complexity index is 591. The minimum absolute atomic E-state index is 0.0745. The van der Waals surface area contributed by atoms with Crippen molar-refractivity contribution in [3.8, 4) is 0 Å². The van der Waals surface area contributed by atoms with E-state index in [9.17, 15) is 4.79 Å². The Balaban J connectivity index is 1.63. The molecule has 21 heavy (non-hydrogen) atoms. The van der Waals surface area contributed by atoms with E-state index in [2.05, 4.69) is 10.4 Å². The van der Waals surface area contributed by atoms with Gasteiger partial charge in [0.05, 0.1) is 19.8 Å². The van der Waals surface area contributed by atoms with Gasteiger partial charge in [-0.15, -0.1) is 0 Å². The molecule has 1 aliphatic rings. The molecule has 1 aliphatic heterocycles. The van der Waals surface area contributed by atoms with Crippen molar-refractivity contribution in [3.63, 3.8) is 0 Å². The maximum atomic E-state index is 12.1. The molecular formula is C15H18N4O2. The Kier molecular flexibility index (Phi) is 4.16. The first-order chi connectivity index (χ1) is 10.3. The Morgan fingerprint density at radius 1 is 1.29 bits per heavy atom. The number of nitrogens with one attached hydrogen (secondary N) is 1. The van der Waals surface area contributed by atoms with Gasteiger partial charge in [-0.25, -0.2) is 4.79 Å². The third-order valence-corrected chi connectivity index (χ3v) is 3.38. The first-order valence-corrected chi connectivity index (χ1v) is 7.01. The molecule has 2 amide bonds. The highest BCUT2D eigenvalue weighted by atomic mass is 16.5. The third kappa shape index (κ3) is 3.61. The van der Waals surface area contributed by atoms with Crippen LogP contribution in [0.5, 0.6) is 0 Å². The van der Waals surface area contributed by atoms with E-state index in [-0.39, 0.29) is 6.03 Å². The molecule has 1 aromatic carbocycles. The fourth-order valence-corrected chi connectivity index (χ4v) is 2.30. The van der Waals surface area contributed by atoms with Crippen molar-refractivity contribution in [2.24, 2.45) is 0 Å². The van der Waals surface area contributed by atoms with E-state index in [0.717, 1.165) is 11.3 Å². The van der Waals surface area contributed by atoms with Crippen LogP contribution in [0.2, 0.25) is 0 Å². The zero-order valence-corrected chi connectivity index (χ0v) is 11.7. The summed E-state index contributed by atoms with van der Waals surface area (Å²) in [6, 6.07) is 9.64. The fourth-order valence-electron chi connectivity index (χ4n) is 2.30. The number of carbonyl (C=O) groups is 1. The van der Waals surface area contributed by atoms with Crippen LogP contribution in [0.4, 0.5) is 10.5 Å². The van der Waals surface area contributed by atoms with E-state index in [4.69, 9.17) is 4.74 Å². The molecular weight excluding hydrogens is 268 g/mol. The van der Waals surface area contributed by atoms with Crippen molar-refractivity contribution in [2.45, 2.75) is 6.54 Å². The van der Waals surface area contributed by atoms with Crippen molar-refractivity contribution >= 4 is 11.7 Å². The molecule has 0 unspecified atom stereocenters. The molecule has 1 aromatic heterocycles. The Morgan fingerprint density at radius 3 is 2.90 bits per heavy atom. The maximum absolute atomic E-state index is 12.1. The molecule has 1 fully saturated rings. The molecule has 0 aliphatic carbocycles. The topological polar surface area (TPSA) is 59.4 Å². The third-order valence-electron chi connectivity index (χ3n) is 3.38. The van der Waals surface area contributed by atoms with E-state index in [1.807, 2.05) is 41.2 Å². The predicted octanol–water partition coefficient (Wildman–Crippen LogP) is 1.80. The summed E-state index contributed by atoms with van der Waals surface area (Å²) in [5.74, 6) is 0. The summed E-state index contributed by atoms with van der Waals surface area (Å²) in [5, 5.41) is 7.12. The van der Waals surface area contributed by atoms with E-state index < -0.39 is 0 Å². The number of benzene rings is 1. The Hall–Kier alpha value is -2.34. The summed E-state index contributed by atoms with van der Waals surface area (Å²) in [4.78, 5) is 13.9. The standard InChI is InChI=1S/C15H18N4O2/c20-15(18-7-9-21-10-8-18)17-14-4-1-3-13(11-14)12-19-6-2-5-16-19/h1-6,11H,7-10,12H2,(H,17,20). The number of carbonyl (C=O) groups excluding carboxylic acids is 1. The van der Waals surface area contributed by atoms with Crippen LogP contribution < -0.4 is 5.32 Å². The van der Waals surface area contributed by atoms with Gasteiger partial charge < -0.3 is 15.0 Å². The summed E-state index contributed by atoms with van der Waals surface area (Å²) in [6.45, 7) is 3.17. The van der Waals surface area contributed by atoms with Crippen LogP contribution >= 0.6 is 0 Å². The molecule has 1 N–H and O–H groups in total. The van der Waals surface area contributed by atoms with Gasteiger partial charge in [0.2, 0.25) is 0 Å². The lowest BCUT2D eigenvalue weighted by Gasteiger charge is -2.27. The van der Waals surface area contributed by atoms with Gasteiger partial charge in [0, 0.05) is 31.2 Å². The van der Waals surface area contributed by atoms with Gasteiger partial charge in [0.25, 0.3) is 0 Å². The number of rotatable bonds is 3. The van der Waals surface area contributed by atoms with Gasteiger partial charge in [-0.2, -0.15) is 5.10 Å². The number of ether oxygens (including phenoxy) is 1. The van der Waals surface area contributed by atoms with Crippen LogP contribution in [0.25, 0.3) is 0 Å². The maximum Gasteiger partial charge on any atom is 0.321 e. The summed E-state index contributed by atoms with van der Waals surface area (Å²) < 4.78 is 7.10. The van der Waals surface area contributed by atoms with Gasteiger partial charge in [0.15, 0.2) is 0 Å². The van der Waals surface area contributed by atoms with Crippen molar-refractivity contribution in [1.82, 2.24) is 14.7 Å². The average Bonchev–Trinajstić information content (AvgIpc) is 3.01. The fraction of sp³-hybridized carbons (Fsp3) is 0.333. The van der Waals surface area contributed by atoms with Crippen LogP contribution in [0.1, 0.15) is 5.56 Å². The second-order valence-corrected chi connectivity index (χ2v) is 4.93. The minimum Gasteiger partial charge on any atom is -0.378 e. The molecule has 2 aromatic rings. The van der Waals surface area contributed by atoms with Crippen molar-refractivity contribution < 1.29 is 9.53 Å². The van der Waals surface area contributed by atoms with Crippen LogP contribution in [-0.2, 0) is 11.3 Å². The summed E-state index contributed by atoms with van der Waals surface area (Å²) in [6.07, 6.45) is 3.67. The zero-order valence-electron chi connectivity index (χ0n) is 11.7. The van der Waals surface area contributed by atoms with Crippen LogP contribution in [-0.4, -0.2) is 47.0 Å². The van der Waals surface area contributed by atoms with Crippen LogP contribution in [0.3, 0.4) is 0 Å². The summed E-state index contributed by atoms with van der Waals surface area (Å²) >= 11 is 0. The van der Waals surface area contributed by atoms with E-state index >= 15 is 0 Å². The van der Waals surface area contributed by atoms with Gasteiger partial charge in [-0.1, -0.05) is 12.1 Å². The Morgan fingerprint density at radius 2 is 2.14 bits per heavy atom. The minimum atomic E-state index is -0.0745. The molecule has 0 atom stereocenters. The highest BCUT2D eigenvalue weighted by molar-refractivity contribution is 5.89. The van der Waals surface area contributed by atoms with Crippen LogP contribution in [0.15, 0.2) is 42.7 Å². The zero-order chi connectivity index (χ0) is 14.5. The van der Waals surface area contributed by atoms with Gasteiger partial charge in [-0.3, -0.25) is 4.68 Å². The van der Waals surface area contributed by atoms with Crippen molar-refractivity contribution in [3.05, 3.63) is 48.3 Å². The molecule has 0 spiro atoms. The number of urea groups is 1. The molecule has 6 heteroatoms. The smallest absolute Gasteiger partial charge is 0.321 e. The molecule has 110 valence electrons. The lowest BCUT2D eigenvalue weighted by molar-refractivity contribution is 0.0564. The molecule has 0 saturated carbocycles. The number of morpholine rings is 1. The monoisotopic (exact) mass is 286 g/mol. The SMILES string of the molecule is O=C(Nc1cccc(Cn2cccn2)c1)N1CCOCC1. The number of nitrogens with zero attached hydrogens (tertiary/aromatic N) is 3. The largest absolute Gasteiger partial charge is 0.378 e. The Labute approximate surface area is 123 Å². The average molecular weight is 286 g/mol. The van der Waals surface area contributed by atoms with E-state index in [1.54, 1.807) is 11.1 Å². The first kappa shape index (κ1) is 13.6. The van der Waals surface area contributed by atoms with Gasteiger partial charge in [0.1, 0.15) is 0 Å². The molecule has 1 saturated heterocycles. The lowest BCUT2D eigenvalue weighted by Crippen LogP contribution is -2.43. The number of aromatic nitrogens is 2. The summed E-state index contributed by atoms with van der Waals surface area (Å²) in [5.41, 5.74) is 1.90. The normalized spacial score (nSPS) is 15.0. The van der Waals surface area contributed by atoms with Crippen molar-refractivity contribution in [2.75, 3.05) is 31.6 Å². The first-order valence-electron chi connectivity index (χ1n) is 7.01. The van der Waals surface area contributed by atoms with E-state index in [0.29, 0.717) is 32.8 Å².